The minimum Gasteiger partial charge on any atom is -0.469 e. The average molecular weight is 332 g/mol. The number of carbonyl (C=O) groups is 2. The lowest BCUT2D eigenvalue weighted by atomic mass is 9.45. The molecule has 2 fully saturated rings. The van der Waals surface area contributed by atoms with Crippen molar-refractivity contribution in [3.05, 3.63) is 11.6 Å². The molecule has 3 aliphatic rings. The highest BCUT2D eigenvalue weighted by Crippen LogP contribution is 2.64. The summed E-state index contributed by atoms with van der Waals surface area (Å²) in [4.78, 5) is 24.6. The SMILES string of the molecule is COC(=O)C1(C)CCCC2(C)C3CCC(C)(C(C)=O)C=C3CCC12. The van der Waals surface area contributed by atoms with Gasteiger partial charge < -0.3 is 4.74 Å². The zero-order valence-electron chi connectivity index (χ0n) is 15.9. The summed E-state index contributed by atoms with van der Waals surface area (Å²) >= 11 is 0. The third kappa shape index (κ3) is 2.38. The normalized spacial score (nSPS) is 44.8. The van der Waals surface area contributed by atoms with Gasteiger partial charge in [-0.25, -0.2) is 0 Å². The number of rotatable bonds is 2. The van der Waals surface area contributed by atoms with E-state index in [2.05, 4.69) is 26.8 Å². The Labute approximate surface area is 146 Å². The predicted molar refractivity (Wildman–Crippen MR) is 94.4 cm³/mol. The van der Waals surface area contributed by atoms with Gasteiger partial charge in [-0.05, 0) is 76.5 Å². The van der Waals surface area contributed by atoms with Crippen LogP contribution < -0.4 is 0 Å². The van der Waals surface area contributed by atoms with E-state index in [9.17, 15) is 9.59 Å². The third-order valence-corrected chi connectivity index (χ3v) is 7.85. The standard InChI is InChI=1S/C21H32O3/c1-14(22)19(2)12-9-16-15(13-19)7-8-17-20(16,3)10-6-11-21(17,4)18(23)24-5/h13,16-17H,6-12H2,1-5H3. The lowest BCUT2D eigenvalue weighted by Crippen LogP contribution is -2.54. The van der Waals surface area contributed by atoms with Crippen molar-refractivity contribution in [2.24, 2.45) is 28.1 Å². The largest absolute Gasteiger partial charge is 0.469 e. The second kappa shape index (κ2) is 5.71. The van der Waals surface area contributed by atoms with E-state index < -0.39 is 0 Å². The first-order chi connectivity index (χ1) is 11.2. The van der Waals surface area contributed by atoms with Crippen LogP contribution in [0, 0.1) is 28.1 Å². The van der Waals surface area contributed by atoms with E-state index in [1.165, 1.54) is 19.1 Å². The zero-order valence-corrected chi connectivity index (χ0v) is 15.9. The maximum atomic E-state index is 12.6. The highest BCUT2D eigenvalue weighted by Gasteiger charge is 2.58. The Morgan fingerprint density at radius 3 is 2.46 bits per heavy atom. The van der Waals surface area contributed by atoms with E-state index in [-0.39, 0.29) is 28.0 Å². The van der Waals surface area contributed by atoms with Crippen molar-refractivity contribution < 1.29 is 14.3 Å². The van der Waals surface area contributed by atoms with E-state index in [4.69, 9.17) is 4.74 Å². The van der Waals surface area contributed by atoms with Gasteiger partial charge in [-0.15, -0.1) is 0 Å². The molecule has 0 saturated heterocycles. The van der Waals surface area contributed by atoms with Gasteiger partial charge in [0.15, 0.2) is 0 Å². The number of hydrogen-bond acceptors (Lipinski definition) is 3. The van der Waals surface area contributed by atoms with Gasteiger partial charge in [0.1, 0.15) is 5.78 Å². The Bertz CT molecular complexity index is 592. The molecule has 134 valence electrons. The summed E-state index contributed by atoms with van der Waals surface area (Å²) in [5, 5.41) is 0. The van der Waals surface area contributed by atoms with Gasteiger partial charge in [0.2, 0.25) is 0 Å². The van der Waals surface area contributed by atoms with Crippen molar-refractivity contribution >= 4 is 11.8 Å². The molecule has 0 amide bonds. The van der Waals surface area contributed by atoms with Crippen LogP contribution in [0.4, 0.5) is 0 Å². The molecule has 0 aromatic heterocycles. The van der Waals surface area contributed by atoms with Crippen molar-refractivity contribution in [3.63, 3.8) is 0 Å². The smallest absolute Gasteiger partial charge is 0.311 e. The molecule has 0 N–H and O–H groups in total. The highest BCUT2D eigenvalue weighted by molar-refractivity contribution is 5.84. The molecular formula is C21H32O3. The summed E-state index contributed by atoms with van der Waals surface area (Å²) in [5.41, 5.74) is 1.000. The molecule has 3 rings (SSSR count). The lowest BCUT2D eigenvalue weighted by Gasteiger charge is -2.59. The number of methoxy groups -OCH3 is 1. The van der Waals surface area contributed by atoms with Crippen LogP contribution in [-0.4, -0.2) is 18.9 Å². The minimum absolute atomic E-state index is 0.0322. The van der Waals surface area contributed by atoms with Crippen LogP contribution in [0.3, 0.4) is 0 Å². The molecular weight excluding hydrogens is 300 g/mol. The predicted octanol–water partition coefficient (Wildman–Crippen LogP) is 4.70. The van der Waals surface area contributed by atoms with Gasteiger partial charge in [-0.2, -0.15) is 0 Å². The molecule has 0 radical (unpaired) electrons. The Morgan fingerprint density at radius 1 is 1.12 bits per heavy atom. The summed E-state index contributed by atoms with van der Waals surface area (Å²) in [6, 6.07) is 0. The fraction of sp³-hybridized carbons (Fsp3) is 0.810. The number of carbonyl (C=O) groups excluding carboxylic acids is 2. The molecule has 0 bridgehead atoms. The number of ether oxygens (including phenoxy) is 1. The lowest BCUT2D eigenvalue weighted by molar-refractivity contribution is -0.168. The quantitative estimate of drug-likeness (QED) is 0.544. The van der Waals surface area contributed by atoms with Gasteiger partial charge in [-0.3, -0.25) is 9.59 Å². The summed E-state index contributed by atoms with van der Waals surface area (Å²) in [6.07, 6.45) is 9.58. The summed E-state index contributed by atoms with van der Waals surface area (Å²) < 4.78 is 5.19. The fourth-order valence-corrected chi connectivity index (χ4v) is 6.26. The summed E-state index contributed by atoms with van der Waals surface area (Å²) in [7, 11) is 1.52. The van der Waals surface area contributed by atoms with Gasteiger partial charge in [0, 0.05) is 5.41 Å². The molecule has 0 spiro atoms. The van der Waals surface area contributed by atoms with Crippen molar-refractivity contribution in [2.75, 3.05) is 7.11 Å². The Balaban J connectivity index is 1.98. The van der Waals surface area contributed by atoms with E-state index in [0.29, 0.717) is 11.8 Å². The average Bonchev–Trinajstić information content (AvgIpc) is 2.53. The van der Waals surface area contributed by atoms with E-state index in [1.54, 1.807) is 6.92 Å². The van der Waals surface area contributed by atoms with Gasteiger partial charge >= 0.3 is 5.97 Å². The first kappa shape index (κ1) is 17.7. The molecule has 0 heterocycles. The van der Waals surface area contributed by atoms with Crippen molar-refractivity contribution in [3.8, 4) is 0 Å². The third-order valence-electron chi connectivity index (χ3n) is 7.85. The molecule has 5 atom stereocenters. The highest BCUT2D eigenvalue weighted by atomic mass is 16.5. The fourth-order valence-electron chi connectivity index (χ4n) is 6.26. The van der Waals surface area contributed by atoms with E-state index >= 15 is 0 Å². The first-order valence-corrected chi connectivity index (χ1v) is 9.48. The molecule has 3 nitrogen and oxygen atoms in total. The first-order valence-electron chi connectivity index (χ1n) is 9.48. The maximum Gasteiger partial charge on any atom is 0.311 e. The van der Waals surface area contributed by atoms with Crippen LogP contribution in [0.15, 0.2) is 11.6 Å². The van der Waals surface area contributed by atoms with Crippen LogP contribution in [0.25, 0.3) is 0 Å². The van der Waals surface area contributed by atoms with Gasteiger partial charge in [0.25, 0.3) is 0 Å². The summed E-state index contributed by atoms with van der Waals surface area (Å²) in [5.74, 6) is 1.15. The monoisotopic (exact) mass is 332 g/mol. The molecule has 24 heavy (non-hydrogen) atoms. The van der Waals surface area contributed by atoms with Crippen molar-refractivity contribution in [1.29, 1.82) is 0 Å². The van der Waals surface area contributed by atoms with Crippen LogP contribution >= 0.6 is 0 Å². The number of hydrogen-bond donors (Lipinski definition) is 0. The molecule has 0 aromatic rings. The Kier molecular flexibility index (Phi) is 4.21. The van der Waals surface area contributed by atoms with Crippen LogP contribution in [-0.2, 0) is 14.3 Å². The molecule has 3 heteroatoms. The minimum atomic E-state index is -0.353. The van der Waals surface area contributed by atoms with Crippen LogP contribution in [0.1, 0.15) is 72.6 Å². The van der Waals surface area contributed by atoms with Crippen molar-refractivity contribution in [1.82, 2.24) is 0 Å². The Morgan fingerprint density at radius 2 is 1.83 bits per heavy atom. The van der Waals surface area contributed by atoms with Crippen LogP contribution in [0.5, 0.6) is 0 Å². The molecule has 5 unspecified atom stereocenters. The molecule has 0 aromatic carbocycles. The number of allylic oxidation sites excluding steroid dienone is 2. The number of esters is 1. The van der Waals surface area contributed by atoms with Crippen molar-refractivity contribution in [2.45, 2.75) is 72.6 Å². The molecule has 0 aliphatic heterocycles. The summed E-state index contributed by atoms with van der Waals surface area (Å²) in [6.45, 7) is 8.33. The zero-order chi connectivity index (χ0) is 17.8. The second-order valence-corrected chi connectivity index (χ2v) is 9.14. The van der Waals surface area contributed by atoms with E-state index in [1.807, 2.05) is 0 Å². The number of Topliss-reactive ketones (excluding diaryl/α,β-unsaturated/α-hetero) is 1. The Hall–Kier alpha value is -1.12. The molecule has 2 saturated carbocycles. The van der Waals surface area contributed by atoms with Crippen LogP contribution in [0.2, 0.25) is 0 Å². The number of ketones is 1. The number of fused-ring (bicyclic) bond motifs is 3. The van der Waals surface area contributed by atoms with Gasteiger partial charge in [-0.1, -0.05) is 25.0 Å². The second-order valence-electron chi connectivity index (χ2n) is 9.14. The topological polar surface area (TPSA) is 43.4 Å². The molecule has 3 aliphatic carbocycles. The maximum absolute atomic E-state index is 12.6. The van der Waals surface area contributed by atoms with Gasteiger partial charge in [0.05, 0.1) is 12.5 Å². The van der Waals surface area contributed by atoms with E-state index in [0.717, 1.165) is 38.5 Å².